The van der Waals surface area contributed by atoms with Crippen molar-refractivity contribution in [1.82, 2.24) is 0 Å². The van der Waals surface area contributed by atoms with E-state index in [9.17, 15) is 9.90 Å². The van der Waals surface area contributed by atoms with Gasteiger partial charge in [0.15, 0.2) is 6.29 Å². The van der Waals surface area contributed by atoms with E-state index in [1.165, 1.54) is 6.07 Å². The standard InChI is InChI=1S/C15H21NO5/c1-15(2,3)21-14(18)16-11-9-10(5-6-12(11)17)13-19-7-4-8-20-13/h5-6,9,13,17H,4,7-8H2,1-3H3,(H,16,18). The lowest BCUT2D eigenvalue weighted by molar-refractivity contribution is -0.183. The SMILES string of the molecule is CC(C)(C)OC(=O)Nc1cc(C2OCCCO2)ccc1O. The molecule has 1 fully saturated rings. The Morgan fingerprint density at radius 1 is 1.33 bits per heavy atom. The highest BCUT2D eigenvalue weighted by Gasteiger charge is 2.20. The van der Waals surface area contributed by atoms with Gasteiger partial charge in [-0.25, -0.2) is 4.79 Å². The van der Waals surface area contributed by atoms with Crippen molar-refractivity contribution in [1.29, 1.82) is 0 Å². The Hall–Kier alpha value is -1.79. The summed E-state index contributed by atoms with van der Waals surface area (Å²) in [6.45, 7) is 6.56. The fourth-order valence-corrected chi connectivity index (χ4v) is 1.89. The third kappa shape index (κ3) is 4.61. The fourth-order valence-electron chi connectivity index (χ4n) is 1.89. The molecule has 116 valence electrons. The van der Waals surface area contributed by atoms with Crippen molar-refractivity contribution in [2.45, 2.75) is 39.1 Å². The molecule has 2 rings (SSSR count). The minimum Gasteiger partial charge on any atom is -0.506 e. The summed E-state index contributed by atoms with van der Waals surface area (Å²) in [6, 6.07) is 4.81. The number of phenolic OH excluding ortho intramolecular Hbond substituents is 1. The third-order valence-electron chi connectivity index (χ3n) is 2.76. The van der Waals surface area contributed by atoms with Gasteiger partial charge in [0.1, 0.15) is 11.4 Å². The maximum Gasteiger partial charge on any atom is 0.412 e. The maximum atomic E-state index is 11.8. The summed E-state index contributed by atoms with van der Waals surface area (Å²) in [4.78, 5) is 11.8. The van der Waals surface area contributed by atoms with E-state index in [2.05, 4.69) is 5.32 Å². The number of carbonyl (C=O) groups is 1. The average Bonchev–Trinajstić information content (AvgIpc) is 2.40. The number of rotatable bonds is 2. The predicted octanol–water partition coefficient (Wildman–Crippen LogP) is 3.17. The summed E-state index contributed by atoms with van der Waals surface area (Å²) in [7, 11) is 0. The Morgan fingerprint density at radius 3 is 2.62 bits per heavy atom. The smallest absolute Gasteiger partial charge is 0.412 e. The Morgan fingerprint density at radius 2 is 2.00 bits per heavy atom. The lowest BCUT2D eigenvalue weighted by atomic mass is 10.1. The Labute approximate surface area is 124 Å². The molecule has 1 aromatic carbocycles. The van der Waals surface area contributed by atoms with Gasteiger partial charge in [0.05, 0.1) is 18.9 Å². The van der Waals surface area contributed by atoms with Crippen LogP contribution in [0.25, 0.3) is 0 Å². The largest absolute Gasteiger partial charge is 0.506 e. The van der Waals surface area contributed by atoms with Gasteiger partial charge >= 0.3 is 6.09 Å². The minimum absolute atomic E-state index is 0.0413. The summed E-state index contributed by atoms with van der Waals surface area (Å²) >= 11 is 0. The van der Waals surface area contributed by atoms with Crippen LogP contribution in [0.15, 0.2) is 18.2 Å². The van der Waals surface area contributed by atoms with Gasteiger partial charge in [-0.15, -0.1) is 0 Å². The average molecular weight is 295 g/mol. The molecule has 21 heavy (non-hydrogen) atoms. The van der Waals surface area contributed by atoms with Crippen molar-refractivity contribution in [3.05, 3.63) is 23.8 Å². The molecule has 0 saturated carbocycles. The summed E-state index contributed by atoms with van der Waals surface area (Å²) in [5, 5.41) is 12.4. The highest BCUT2D eigenvalue weighted by Crippen LogP contribution is 2.30. The van der Waals surface area contributed by atoms with Gasteiger partial charge in [0, 0.05) is 5.56 Å². The highest BCUT2D eigenvalue weighted by molar-refractivity contribution is 5.87. The van der Waals surface area contributed by atoms with E-state index in [4.69, 9.17) is 14.2 Å². The molecule has 0 atom stereocenters. The first kappa shape index (κ1) is 15.6. The molecular weight excluding hydrogens is 274 g/mol. The lowest BCUT2D eigenvalue weighted by Crippen LogP contribution is -2.27. The zero-order chi connectivity index (χ0) is 15.5. The second kappa shape index (κ2) is 6.32. The van der Waals surface area contributed by atoms with Crippen molar-refractivity contribution in [2.75, 3.05) is 18.5 Å². The fraction of sp³-hybridized carbons (Fsp3) is 0.533. The van der Waals surface area contributed by atoms with E-state index in [1.807, 2.05) is 0 Å². The second-order valence-corrected chi connectivity index (χ2v) is 5.83. The molecule has 0 aliphatic carbocycles. The number of hydrogen-bond donors (Lipinski definition) is 2. The minimum atomic E-state index is -0.625. The molecule has 1 saturated heterocycles. The van der Waals surface area contributed by atoms with Crippen molar-refractivity contribution >= 4 is 11.8 Å². The van der Waals surface area contributed by atoms with Gasteiger partial charge in [0.2, 0.25) is 0 Å². The topological polar surface area (TPSA) is 77.0 Å². The summed E-state index contributed by atoms with van der Waals surface area (Å²) in [5.74, 6) is -0.0413. The van der Waals surface area contributed by atoms with Crippen LogP contribution in [0.5, 0.6) is 5.75 Å². The third-order valence-corrected chi connectivity index (χ3v) is 2.76. The molecule has 2 N–H and O–H groups in total. The van der Waals surface area contributed by atoms with Crippen LogP contribution in [0.4, 0.5) is 10.5 Å². The van der Waals surface area contributed by atoms with Gasteiger partial charge in [0.25, 0.3) is 0 Å². The number of amides is 1. The van der Waals surface area contributed by atoms with E-state index in [0.29, 0.717) is 13.2 Å². The van der Waals surface area contributed by atoms with Gasteiger partial charge in [-0.05, 0) is 39.3 Å². The van der Waals surface area contributed by atoms with Crippen molar-refractivity contribution in [2.24, 2.45) is 0 Å². The summed E-state index contributed by atoms with van der Waals surface area (Å²) in [5.41, 5.74) is 0.394. The molecule has 1 aromatic rings. The molecule has 6 nitrogen and oxygen atoms in total. The second-order valence-electron chi connectivity index (χ2n) is 5.83. The molecule has 0 aromatic heterocycles. The molecule has 0 radical (unpaired) electrons. The van der Waals surface area contributed by atoms with Gasteiger partial charge in [-0.2, -0.15) is 0 Å². The Kier molecular flexibility index (Phi) is 4.69. The quantitative estimate of drug-likeness (QED) is 0.819. The molecule has 0 unspecified atom stereocenters. The van der Waals surface area contributed by atoms with Crippen LogP contribution in [0, 0.1) is 0 Å². The highest BCUT2D eigenvalue weighted by atomic mass is 16.7. The van der Waals surface area contributed by atoms with Gasteiger partial charge in [-0.1, -0.05) is 6.07 Å². The monoisotopic (exact) mass is 295 g/mol. The van der Waals surface area contributed by atoms with Crippen LogP contribution in [-0.2, 0) is 14.2 Å². The van der Waals surface area contributed by atoms with Gasteiger partial charge < -0.3 is 19.3 Å². The number of anilines is 1. The van der Waals surface area contributed by atoms with Crippen molar-refractivity contribution < 1.29 is 24.1 Å². The molecule has 1 aliphatic rings. The van der Waals surface area contributed by atoms with Crippen LogP contribution < -0.4 is 5.32 Å². The Balaban J connectivity index is 2.10. The first-order chi connectivity index (χ1) is 9.85. The van der Waals surface area contributed by atoms with E-state index < -0.39 is 18.0 Å². The molecule has 0 spiro atoms. The first-order valence-electron chi connectivity index (χ1n) is 6.91. The van der Waals surface area contributed by atoms with E-state index in [0.717, 1.165) is 12.0 Å². The zero-order valence-corrected chi connectivity index (χ0v) is 12.5. The maximum absolute atomic E-state index is 11.8. The van der Waals surface area contributed by atoms with Crippen LogP contribution in [0.1, 0.15) is 39.0 Å². The zero-order valence-electron chi connectivity index (χ0n) is 12.5. The molecule has 0 bridgehead atoms. The van der Waals surface area contributed by atoms with Crippen LogP contribution in [-0.4, -0.2) is 30.0 Å². The molecule has 1 aliphatic heterocycles. The van der Waals surface area contributed by atoms with Crippen LogP contribution >= 0.6 is 0 Å². The van der Waals surface area contributed by atoms with E-state index in [1.54, 1.807) is 32.9 Å². The van der Waals surface area contributed by atoms with Crippen molar-refractivity contribution in [3.63, 3.8) is 0 Å². The van der Waals surface area contributed by atoms with Crippen molar-refractivity contribution in [3.8, 4) is 5.75 Å². The van der Waals surface area contributed by atoms with E-state index in [-0.39, 0.29) is 11.4 Å². The molecule has 1 amide bonds. The number of carbonyl (C=O) groups excluding carboxylic acids is 1. The number of benzene rings is 1. The lowest BCUT2D eigenvalue weighted by Gasteiger charge is -2.24. The normalized spacial score (nSPS) is 16.5. The number of aromatic hydroxyl groups is 1. The number of nitrogens with one attached hydrogen (secondary N) is 1. The molecule has 1 heterocycles. The number of ether oxygens (including phenoxy) is 3. The van der Waals surface area contributed by atoms with Crippen LogP contribution in [0.2, 0.25) is 0 Å². The van der Waals surface area contributed by atoms with E-state index >= 15 is 0 Å². The van der Waals surface area contributed by atoms with Crippen LogP contribution in [0.3, 0.4) is 0 Å². The predicted molar refractivity (Wildman–Crippen MR) is 77.2 cm³/mol. The summed E-state index contributed by atoms with van der Waals surface area (Å²) < 4.78 is 16.2. The first-order valence-corrected chi connectivity index (χ1v) is 6.91. The Bertz CT molecular complexity index is 503. The molecule has 6 heteroatoms. The number of phenols is 1. The number of hydrogen-bond acceptors (Lipinski definition) is 5. The molecular formula is C15H21NO5. The van der Waals surface area contributed by atoms with Gasteiger partial charge in [-0.3, -0.25) is 5.32 Å². The summed E-state index contributed by atoms with van der Waals surface area (Å²) in [6.07, 6.45) is -0.239.